The minimum Gasteiger partial charge on any atom is -0.388 e. The molecule has 21 heavy (non-hydrogen) atoms. The summed E-state index contributed by atoms with van der Waals surface area (Å²) in [5, 5.41) is 10.2. The minimum atomic E-state index is -0.800. The van der Waals surface area contributed by atoms with E-state index in [1.54, 1.807) is 32.4 Å². The van der Waals surface area contributed by atoms with Gasteiger partial charge in [0.05, 0.1) is 19.3 Å². The smallest absolute Gasteiger partial charge is 0.128 e. The Morgan fingerprint density at radius 2 is 1.90 bits per heavy atom. The first-order valence-electron chi connectivity index (χ1n) is 7.24. The van der Waals surface area contributed by atoms with Gasteiger partial charge in [-0.25, -0.2) is 4.39 Å². The molecule has 2 unspecified atom stereocenters. The standard InChI is InChI=1S/C16H26FNO3/c1-13(12-21-3)18(10-11-20-2)9-8-16(19)14-6-4-5-7-15(14)17/h4-7,13,16,19H,8-12H2,1-3H3. The molecular formula is C16H26FNO3. The second kappa shape index (κ2) is 9.84. The normalized spacial score (nSPS) is 14.4. The Morgan fingerprint density at radius 1 is 1.19 bits per heavy atom. The summed E-state index contributed by atoms with van der Waals surface area (Å²) < 4.78 is 23.9. The maximum absolute atomic E-state index is 13.6. The SMILES string of the molecule is COCCN(CCC(O)c1ccccc1F)C(C)COC. The fraction of sp³-hybridized carbons (Fsp3) is 0.625. The van der Waals surface area contributed by atoms with Gasteiger partial charge in [-0.3, -0.25) is 4.90 Å². The molecule has 2 atom stereocenters. The number of rotatable bonds is 10. The van der Waals surface area contributed by atoms with Gasteiger partial charge in [0.25, 0.3) is 0 Å². The Balaban J connectivity index is 2.56. The number of benzene rings is 1. The Morgan fingerprint density at radius 3 is 2.52 bits per heavy atom. The lowest BCUT2D eigenvalue weighted by molar-refractivity contribution is 0.0607. The van der Waals surface area contributed by atoms with Gasteiger partial charge in [0.2, 0.25) is 0 Å². The summed E-state index contributed by atoms with van der Waals surface area (Å²) in [7, 11) is 3.33. The highest BCUT2D eigenvalue weighted by Crippen LogP contribution is 2.20. The molecule has 0 heterocycles. The Hall–Kier alpha value is -1.01. The van der Waals surface area contributed by atoms with Crippen molar-refractivity contribution in [2.75, 3.05) is 40.5 Å². The molecule has 5 heteroatoms. The van der Waals surface area contributed by atoms with E-state index in [2.05, 4.69) is 11.8 Å². The number of hydrogen-bond acceptors (Lipinski definition) is 4. The topological polar surface area (TPSA) is 41.9 Å². The lowest BCUT2D eigenvalue weighted by Crippen LogP contribution is -2.39. The number of aliphatic hydroxyl groups is 1. The summed E-state index contributed by atoms with van der Waals surface area (Å²) in [5.41, 5.74) is 0.351. The van der Waals surface area contributed by atoms with Gasteiger partial charge in [-0.2, -0.15) is 0 Å². The molecule has 0 aliphatic carbocycles. The minimum absolute atomic E-state index is 0.220. The zero-order chi connectivity index (χ0) is 15.7. The summed E-state index contributed by atoms with van der Waals surface area (Å²) in [4.78, 5) is 2.18. The molecule has 1 aromatic rings. The zero-order valence-electron chi connectivity index (χ0n) is 13.1. The molecule has 1 N–H and O–H groups in total. The van der Waals surface area contributed by atoms with Crippen LogP contribution in [-0.4, -0.2) is 56.6 Å². The molecule has 120 valence electrons. The van der Waals surface area contributed by atoms with Crippen LogP contribution in [-0.2, 0) is 9.47 Å². The molecule has 0 saturated carbocycles. The van der Waals surface area contributed by atoms with Gasteiger partial charge >= 0.3 is 0 Å². The molecule has 1 aromatic carbocycles. The van der Waals surface area contributed by atoms with Crippen LogP contribution < -0.4 is 0 Å². The quantitative estimate of drug-likeness (QED) is 0.719. The van der Waals surface area contributed by atoms with E-state index in [0.717, 1.165) is 6.54 Å². The summed E-state index contributed by atoms with van der Waals surface area (Å²) >= 11 is 0. The number of nitrogens with zero attached hydrogens (tertiary/aromatic N) is 1. The van der Waals surface area contributed by atoms with Crippen LogP contribution in [0.1, 0.15) is 25.0 Å². The molecule has 0 fully saturated rings. The molecule has 0 saturated heterocycles. The van der Waals surface area contributed by atoms with Gasteiger partial charge in [0.15, 0.2) is 0 Å². The largest absolute Gasteiger partial charge is 0.388 e. The highest BCUT2D eigenvalue weighted by atomic mass is 19.1. The van der Waals surface area contributed by atoms with Crippen LogP contribution >= 0.6 is 0 Å². The predicted molar refractivity (Wildman–Crippen MR) is 80.8 cm³/mol. The van der Waals surface area contributed by atoms with Crippen LogP contribution in [0.25, 0.3) is 0 Å². The van der Waals surface area contributed by atoms with Gasteiger partial charge in [-0.1, -0.05) is 18.2 Å². The van der Waals surface area contributed by atoms with Gasteiger partial charge < -0.3 is 14.6 Å². The second-order valence-corrected chi connectivity index (χ2v) is 5.16. The number of methoxy groups -OCH3 is 2. The Labute approximate surface area is 126 Å². The van der Waals surface area contributed by atoms with Crippen molar-refractivity contribution in [3.05, 3.63) is 35.6 Å². The second-order valence-electron chi connectivity index (χ2n) is 5.16. The van der Waals surface area contributed by atoms with Crippen LogP contribution in [0, 0.1) is 5.82 Å². The summed E-state index contributed by atoms with van der Waals surface area (Å²) in [6, 6.07) is 6.57. The third-order valence-electron chi connectivity index (χ3n) is 3.57. The molecule has 0 radical (unpaired) electrons. The first kappa shape index (κ1) is 18.0. The highest BCUT2D eigenvalue weighted by Gasteiger charge is 2.17. The van der Waals surface area contributed by atoms with Crippen molar-refractivity contribution in [2.45, 2.75) is 25.5 Å². The fourth-order valence-electron chi connectivity index (χ4n) is 2.30. The van der Waals surface area contributed by atoms with Crippen molar-refractivity contribution in [1.29, 1.82) is 0 Å². The molecular weight excluding hydrogens is 273 g/mol. The predicted octanol–water partition coefficient (Wildman–Crippen LogP) is 2.23. The zero-order valence-corrected chi connectivity index (χ0v) is 13.1. The average Bonchev–Trinajstić information content (AvgIpc) is 2.47. The third-order valence-corrected chi connectivity index (χ3v) is 3.57. The number of hydrogen-bond donors (Lipinski definition) is 1. The van der Waals surface area contributed by atoms with Crippen LogP contribution in [0.2, 0.25) is 0 Å². The van der Waals surface area contributed by atoms with Crippen molar-refractivity contribution in [1.82, 2.24) is 4.90 Å². The summed E-state index contributed by atoms with van der Waals surface area (Å²) in [6.07, 6.45) is -0.329. The fourth-order valence-corrected chi connectivity index (χ4v) is 2.30. The molecule has 0 spiro atoms. The van der Waals surface area contributed by atoms with E-state index >= 15 is 0 Å². The molecule has 0 bridgehead atoms. The van der Waals surface area contributed by atoms with E-state index in [1.165, 1.54) is 6.07 Å². The Bertz CT molecular complexity index is 403. The van der Waals surface area contributed by atoms with E-state index in [-0.39, 0.29) is 11.9 Å². The number of halogens is 1. The van der Waals surface area contributed by atoms with Crippen LogP contribution in [0.5, 0.6) is 0 Å². The van der Waals surface area contributed by atoms with E-state index in [0.29, 0.717) is 31.7 Å². The lowest BCUT2D eigenvalue weighted by atomic mass is 10.1. The summed E-state index contributed by atoms with van der Waals surface area (Å²) in [6.45, 7) is 4.70. The van der Waals surface area contributed by atoms with Gasteiger partial charge in [-0.05, 0) is 19.4 Å². The van der Waals surface area contributed by atoms with E-state index < -0.39 is 6.10 Å². The Kier molecular flexibility index (Phi) is 8.45. The van der Waals surface area contributed by atoms with Crippen LogP contribution in [0.15, 0.2) is 24.3 Å². The molecule has 0 amide bonds. The maximum Gasteiger partial charge on any atom is 0.128 e. The molecule has 0 aliphatic heterocycles. The van der Waals surface area contributed by atoms with E-state index in [4.69, 9.17) is 9.47 Å². The summed E-state index contributed by atoms with van der Waals surface area (Å²) in [5.74, 6) is -0.363. The molecule has 1 rings (SSSR count). The van der Waals surface area contributed by atoms with Crippen LogP contribution in [0.3, 0.4) is 0 Å². The van der Waals surface area contributed by atoms with Gasteiger partial charge in [0, 0.05) is 38.9 Å². The monoisotopic (exact) mass is 299 g/mol. The van der Waals surface area contributed by atoms with Crippen molar-refractivity contribution < 1.29 is 19.0 Å². The maximum atomic E-state index is 13.6. The van der Waals surface area contributed by atoms with Crippen molar-refractivity contribution >= 4 is 0 Å². The third kappa shape index (κ3) is 6.09. The van der Waals surface area contributed by atoms with E-state index in [1.807, 2.05) is 0 Å². The van der Waals surface area contributed by atoms with Crippen molar-refractivity contribution in [2.24, 2.45) is 0 Å². The molecule has 0 aromatic heterocycles. The lowest BCUT2D eigenvalue weighted by Gasteiger charge is -2.29. The van der Waals surface area contributed by atoms with Crippen molar-refractivity contribution in [3.8, 4) is 0 Å². The van der Waals surface area contributed by atoms with Crippen LogP contribution in [0.4, 0.5) is 4.39 Å². The number of aliphatic hydroxyl groups excluding tert-OH is 1. The average molecular weight is 299 g/mol. The van der Waals surface area contributed by atoms with Gasteiger partial charge in [-0.15, -0.1) is 0 Å². The van der Waals surface area contributed by atoms with E-state index in [9.17, 15) is 9.50 Å². The number of ether oxygens (including phenoxy) is 2. The van der Waals surface area contributed by atoms with Gasteiger partial charge in [0.1, 0.15) is 5.82 Å². The first-order valence-corrected chi connectivity index (χ1v) is 7.24. The first-order chi connectivity index (χ1) is 10.1. The van der Waals surface area contributed by atoms with Crippen molar-refractivity contribution in [3.63, 3.8) is 0 Å². The molecule has 0 aliphatic rings. The highest BCUT2D eigenvalue weighted by molar-refractivity contribution is 5.19. The molecule has 4 nitrogen and oxygen atoms in total.